The molecule has 3 heteroatoms. The average molecular weight is 733 g/mol. The van der Waals surface area contributed by atoms with Gasteiger partial charge in [0.25, 0.3) is 0 Å². The Morgan fingerprint density at radius 1 is 0.439 bits per heavy atom. The van der Waals surface area contributed by atoms with Gasteiger partial charge < -0.3 is 4.42 Å². The lowest BCUT2D eigenvalue weighted by Gasteiger charge is -2.61. The van der Waals surface area contributed by atoms with Gasteiger partial charge in [0.15, 0.2) is 5.82 Å². The van der Waals surface area contributed by atoms with Gasteiger partial charge in [-0.15, -0.1) is 0 Å². The van der Waals surface area contributed by atoms with E-state index in [1.165, 1.54) is 81.8 Å². The molecule has 2 aromatic heterocycles. The summed E-state index contributed by atoms with van der Waals surface area (Å²) in [5, 5.41) is 3.40. The number of hydrogen-bond donors (Lipinski definition) is 0. The fourth-order valence-corrected chi connectivity index (χ4v) is 12.4. The molecular formula is C54H40N2O. The summed E-state index contributed by atoms with van der Waals surface area (Å²) >= 11 is 0. The number of benzene rings is 7. The second-order valence-electron chi connectivity index (χ2n) is 17.3. The summed E-state index contributed by atoms with van der Waals surface area (Å²) in [6, 6.07) is 57.5. The molecular weight excluding hydrogens is 693 g/mol. The molecule has 0 amide bonds. The topological polar surface area (TPSA) is 38.9 Å². The summed E-state index contributed by atoms with van der Waals surface area (Å²) < 4.78 is 6.46. The molecule has 0 unspecified atom stereocenters. The van der Waals surface area contributed by atoms with E-state index in [1.54, 1.807) is 5.56 Å². The highest BCUT2D eigenvalue weighted by molar-refractivity contribution is 6.07. The van der Waals surface area contributed by atoms with Crippen molar-refractivity contribution in [3.8, 4) is 56.0 Å². The third kappa shape index (κ3) is 4.54. The van der Waals surface area contributed by atoms with Gasteiger partial charge >= 0.3 is 0 Å². The Bertz CT molecular complexity index is 3060. The first-order chi connectivity index (χ1) is 28.2. The zero-order valence-electron chi connectivity index (χ0n) is 31.7. The van der Waals surface area contributed by atoms with Gasteiger partial charge in [-0.25, -0.2) is 9.97 Å². The summed E-state index contributed by atoms with van der Waals surface area (Å²) in [6.45, 7) is 0. The van der Waals surface area contributed by atoms with Crippen molar-refractivity contribution < 1.29 is 4.42 Å². The number of para-hydroxylation sites is 2. The molecule has 3 nitrogen and oxygen atoms in total. The molecule has 57 heavy (non-hydrogen) atoms. The summed E-state index contributed by atoms with van der Waals surface area (Å²) in [5.74, 6) is 3.89. The fraction of sp³-hybridized carbons (Fsp3) is 0.185. The van der Waals surface area contributed by atoms with Crippen LogP contribution in [-0.2, 0) is 5.41 Å². The number of rotatable bonds is 4. The quantitative estimate of drug-likeness (QED) is 0.181. The molecule has 272 valence electrons. The van der Waals surface area contributed by atoms with Crippen molar-refractivity contribution in [3.63, 3.8) is 0 Å². The Morgan fingerprint density at radius 3 is 1.93 bits per heavy atom. The highest BCUT2D eigenvalue weighted by atomic mass is 16.3. The van der Waals surface area contributed by atoms with E-state index in [0.29, 0.717) is 11.8 Å². The minimum Gasteiger partial charge on any atom is -0.456 e. The van der Waals surface area contributed by atoms with E-state index in [-0.39, 0.29) is 5.41 Å². The van der Waals surface area contributed by atoms with Crippen LogP contribution >= 0.6 is 0 Å². The van der Waals surface area contributed by atoms with E-state index in [0.717, 1.165) is 56.6 Å². The molecule has 5 aliphatic carbocycles. The number of furan rings is 1. The molecule has 1 spiro atoms. The zero-order chi connectivity index (χ0) is 37.2. The molecule has 0 atom stereocenters. The van der Waals surface area contributed by atoms with Crippen LogP contribution in [0.5, 0.6) is 0 Å². The third-order valence-electron chi connectivity index (χ3n) is 14.5. The molecule has 4 saturated carbocycles. The van der Waals surface area contributed by atoms with Gasteiger partial charge in [-0.1, -0.05) is 127 Å². The van der Waals surface area contributed by atoms with Crippen LogP contribution in [0.4, 0.5) is 0 Å². The van der Waals surface area contributed by atoms with Crippen molar-refractivity contribution >= 4 is 32.8 Å². The van der Waals surface area contributed by atoms with Gasteiger partial charge in [0, 0.05) is 32.7 Å². The summed E-state index contributed by atoms with van der Waals surface area (Å²) in [6.07, 6.45) is 6.84. The van der Waals surface area contributed by atoms with E-state index >= 15 is 0 Å². The largest absolute Gasteiger partial charge is 0.456 e. The maximum atomic E-state index is 6.46. The predicted octanol–water partition coefficient (Wildman–Crippen LogP) is 13.9. The van der Waals surface area contributed by atoms with Crippen molar-refractivity contribution in [2.75, 3.05) is 0 Å². The Labute approximate surface area is 332 Å². The lowest BCUT2D eigenvalue weighted by molar-refractivity contribution is -0.0399. The van der Waals surface area contributed by atoms with Crippen molar-refractivity contribution in [1.82, 2.24) is 9.97 Å². The molecule has 4 fully saturated rings. The standard InChI is InChI=1S/C54H40N2O/c1-2-9-34(10-3-1)35-17-19-36(20-18-35)52-44-12-4-6-15-48(44)55-53(56-52)38-22-24-46-45(30-38)51-41(37-21-23-43-42-11-5-7-16-49(42)57-50(43)31-37)13-8-14-47(51)54(46)39-26-32-25-33(28-39)29-40(54)27-32/h1-24,30-33,39-40H,25-29H2. The van der Waals surface area contributed by atoms with Crippen LogP contribution in [0.2, 0.25) is 0 Å². The van der Waals surface area contributed by atoms with Crippen LogP contribution in [0, 0.1) is 23.7 Å². The molecule has 7 aromatic carbocycles. The maximum Gasteiger partial charge on any atom is 0.160 e. The summed E-state index contributed by atoms with van der Waals surface area (Å²) in [7, 11) is 0. The Morgan fingerprint density at radius 2 is 1.11 bits per heavy atom. The van der Waals surface area contributed by atoms with Gasteiger partial charge in [0.2, 0.25) is 0 Å². The smallest absolute Gasteiger partial charge is 0.160 e. The van der Waals surface area contributed by atoms with Gasteiger partial charge in [-0.05, 0) is 131 Å². The molecule has 14 rings (SSSR count). The van der Waals surface area contributed by atoms with E-state index in [2.05, 4.69) is 158 Å². The first-order valence-corrected chi connectivity index (χ1v) is 20.8. The zero-order valence-corrected chi connectivity index (χ0v) is 31.7. The van der Waals surface area contributed by atoms with Crippen LogP contribution in [0.1, 0.15) is 43.2 Å². The highest BCUT2D eigenvalue weighted by Crippen LogP contribution is 2.70. The second kappa shape index (κ2) is 11.8. The van der Waals surface area contributed by atoms with Gasteiger partial charge in [0.1, 0.15) is 11.2 Å². The third-order valence-corrected chi connectivity index (χ3v) is 14.5. The van der Waals surface area contributed by atoms with Crippen molar-refractivity contribution in [2.24, 2.45) is 23.7 Å². The number of fused-ring (bicyclic) bond motifs is 7. The van der Waals surface area contributed by atoms with E-state index in [1.807, 2.05) is 0 Å². The maximum absolute atomic E-state index is 6.46. The van der Waals surface area contributed by atoms with Gasteiger partial charge in [-0.2, -0.15) is 0 Å². The van der Waals surface area contributed by atoms with Crippen LogP contribution in [-0.4, -0.2) is 9.97 Å². The predicted molar refractivity (Wildman–Crippen MR) is 232 cm³/mol. The second-order valence-corrected chi connectivity index (χ2v) is 17.3. The highest BCUT2D eigenvalue weighted by Gasteiger charge is 2.61. The Kier molecular flexibility index (Phi) is 6.62. The number of nitrogens with zero attached hydrogens (tertiary/aromatic N) is 2. The number of hydrogen-bond acceptors (Lipinski definition) is 3. The van der Waals surface area contributed by atoms with Gasteiger partial charge in [-0.3, -0.25) is 0 Å². The minimum atomic E-state index is 0.0476. The first kappa shape index (κ1) is 31.8. The van der Waals surface area contributed by atoms with Crippen LogP contribution in [0.25, 0.3) is 88.9 Å². The Hall–Kier alpha value is -6.32. The van der Waals surface area contributed by atoms with E-state index in [4.69, 9.17) is 14.4 Å². The Balaban J connectivity index is 1.01. The molecule has 4 bridgehead atoms. The summed E-state index contributed by atoms with van der Waals surface area (Å²) in [5.41, 5.74) is 16.8. The van der Waals surface area contributed by atoms with Gasteiger partial charge in [0.05, 0.1) is 11.2 Å². The van der Waals surface area contributed by atoms with Crippen LogP contribution in [0.3, 0.4) is 0 Å². The normalized spacial score (nSPS) is 22.8. The molecule has 5 aliphatic rings. The van der Waals surface area contributed by atoms with E-state index < -0.39 is 0 Å². The van der Waals surface area contributed by atoms with Crippen molar-refractivity contribution in [1.29, 1.82) is 0 Å². The summed E-state index contributed by atoms with van der Waals surface area (Å²) in [4.78, 5) is 10.7. The van der Waals surface area contributed by atoms with Crippen LogP contribution in [0.15, 0.2) is 162 Å². The molecule has 0 N–H and O–H groups in total. The van der Waals surface area contributed by atoms with Crippen molar-refractivity contribution in [3.05, 3.63) is 169 Å². The molecule has 0 radical (unpaired) electrons. The monoisotopic (exact) mass is 732 g/mol. The molecule has 9 aromatic rings. The molecule has 0 aliphatic heterocycles. The SMILES string of the molecule is c1ccc(-c2ccc(-c3nc(-c4ccc5c(c4)-c4c(-c6ccc7c(c6)oc6ccccc67)cccc4C54C5CC6CC(C5)CC4C6)nc4ccccc34)cc2)cc1. The number of aromatic nitrogens is 2. The lowest BCUT2D eigenvalue weighted by atomic mass is 9.43. The molecule has 2 heterocycles. The lowest BCUT2D eigenvalue weighted by Crippen LogP contribution is -2.55. The average Bonchev–Trinajstić information content (AvgIpc) is 3.78. The van der Waals surface area contributed by atoms with E-state index in [9.17, 15) is 0 Å². The van der Waals surface area contributed by atoms with Crippen molar-refractivity contribution in [2.45, 2.75) is 37.5 Å². The fourth-order valence-electron chi connectivity index (χ4n) is 12.4. The minimum absolute atomic E-state index is 0.0476. The first-order valence-electron chi connectivity index (χ1n) is 20.8. The molecule has 0 saturated heterocycles. The van der Waals surface area contributed by atoms with Crippen LogP contribution < -0.4 is 0 Å².